The lowest BCUT2D eigenvalue weighted by Gasteiger charge is -2.20. The van der Waals surface area contributed by atoms with Gasteiger partial charge in [0, 0.05) is 12.2 Å². The summed E-state index contributed by atoms with van der Waals surface area (Å²) < 4.78 is 25.3. The van der Waals surface area contributed by atoms with Crippen LogP contribution >= 0.6 is 0 Å². The van der Waals surface area contributed by atoms with Crippen LogP contribution in [0.2, 0.25) is 0 Å². The van der Waals surface area contributed by atoms with Gasteiger partial charge in [-0.15, -0.1) is 0 Å². The molecular weight excluding hydrogens is 336 g/mol. The third-order valence-corrected chi connectivity index (χ3v) is 5.08. The van der Waals surface area contributed by atoms with E-state index < -0.39 is 10.0 Å². The number of anilines is 1. The lowest BCUT2D eigenvalue weighted by Crippen LogP contribution is -2.37. The minimum absolute atomic E-state index is 0.167. The number of amides is 1. The van der Waals surface area contributed by atoms with Crippen LogP contribution < -0.4 is 5.32 Å². The zero-order chi connectivity index (χ0) is 18.6. The molecule has 134 valence electrons. The van der Waals surface area contributed by atoms with E-state index in [0.717, 1.165) is 28.5 Å². The first-order valence-corrected chi connectivity index (χ1v) is 9.88. The van der Waals surface area contributed by atoms with Gasteiger partial charge in [-0.3, -0.25) is 4.79 Å². The smallest absolute Gasteiger partial charge is 0.239 e. The van der Waals surface area contributed by atoms with Gasteiger partial charge in [-0.25, -0.2) is 8.42 Å². The van der Waals surface area contributed by atoms with Gasteiger partial charge >= 0.3 is 0 Å². The maximum absolute atomic E-state index is 12.3. The molecule has 1 amide bonds. The summed E-state index contributed by atoms with van der Waals surface area (Å²) in [5.74, 6) is -0.356. The summed E-state index contributed by atoms with van der Waals surface area (Å²) in [5, 5.41) is 2.79. The van der Waals surface area contributed by atoms with Gasteiger partial charge in [-0.05, 0) is 38.0 Å². The number of nitrogens with zero attached hydrogens (tertiary/aromatic N) is 1. The third kappa shape index (κ3) is 5.69. The first kappa shape index (κ1) is 19.1. The first-order chi connectivity index (χ1) is 11.6. The molecule has 2 aromatic carbocycles. The quantitative estimate of drug-likeness (QED) is 0.861. The van der Waals surface area contributed by atoms with Gasteiger partial charge < -0.3 is 5.32 Å². The van der Waals surface area contributed by atoms with Crippen molar-refractivity contribution < 1.29 is 13.2 Å². The first-order valence-electron chi connectivity index (χ1n) is 8.03. The average molecular weight is 360 g/mol. The Hall–Kier alpha value is -2.18. The highest BCUT2D eigenvalue weighted by Crippen LogP contribution is 2.16. The average Bonchev–Trinajstić information content (AvgIpc) is 2.48. The molecule has 0 unspecified atom stereocenters. The molecule has 0 fully saturated rings. The van der Waals surface area contributed by atoms with Crippen molar-refractivity contribution >= 4 is 21.6 Å². The van der Waals surface area contributed by atoms with Crippen molar-refractivity contribution in [2.75, 3.05) is 18.1 Å². The van der Waals surface area contributed by atoms with E-state index in [1.807, 2.05) is 63.2 Å². The van der Waals surface area contributed by atoms with Crippen LogP contribution in [0.4, 0.5) is 5.69 Å². The standard InChI is InChI=1S/C19H24N2O3S/c1-14-6-5-7-17(11-14)12-21(25(4,23)24)13-19(22)20-18-9-8-15(2)10-16(18)3/h5-11H,12-13H2,1-4H3,(H,20,22). The second-order valence-electron chi connectivity index (χ2n) is 6.39. The van der Waals surface area contributed by atoms with Crippen LogP contribution in [0.5, 0.6) is 0 Å². The van der Waals surface area contributed by atoms with Crippen molar-refractivity contribution in [3.8, 4) is 0 Å². The number of nitrogens with one attached hydrogen (secondary N) is 1. The predicted molar refractivity (Wildman–Crippen MR) is 101 cm³/mol. The van der Waals surface area contributed by atoms with E-state index in [1.165, 1.54) is 4.31 Å². The van der Waals surface area contributed by atoms with Crippen molar-refractivity contribution in [3.05, 3.63) is 64.7 Å². The van der Waals surface area contributed by atoms with Gasteiger partial charge in [-0.2, -0.15) is 4.31 Å². The fourth-order valence-electron chi connectivity index (χ4n) is 2.61. The Labute approximate surface area is 149 Å². The van der Waals surface area contributed by atoms with Crippen LogP contribution in [0.1, 0.15) is 22.3 Å². The Morgan fingerprint density at radius 1 is 1.04 bits per heavy atom. The minimum atomic E-state index is -3.51. The molecule has 0 radical (unpaired) electrons. The second kappa shape index (κ2) is 7.80. The van der Waals surface area contributed by atoms with Gasteiger partial charge in [0.25, 0.3) is 0 Å². The van der Waals surface area contributed by atoms with Crippen molar-refractivity contribution in [1.82, 2.24) is 4.31 Å². The molecule has 0 saturated heterocycles. The number of rotatable bonds is 6. The maximum Gasteiger partial charge on any atom is 0.239 e. The lowest BCUT2D eigenvalue weighted by atomic mass is 10.1. The van der Waals surface area contributed by atoms with E-state index in [9.17, 15) is 13.2 Å². The summed E-state index contributed by atoms with van der Waals surface area (Å²) in [6.07, 6.45) is 1.12. The number of carbonyl (C=O) groups excluding carboxylic acids is 1. The third-order valence-electron chi connectivity index (χ3n) is 3.89. The highest BCUT2D eigenvalue weighted by molar-refractivity contribution is 7.88. The van der Waals surface area contributed by atoms with Crippen LogP contribution in [0, 0.1) is 20.8 Å². The van der Waals surface area contributed by atoms with Crippen LogP contribution in [0.15, 0.2) is 42.5 Å². The van der Waals surface area contributed by atoms with Crippen LogP contribution in [-0.4, -0.2) is 31.4 Å². The van der Waals surface area contributed by atoms with E-state index in [0.29, 0.717) is 5.69 Å². The molecule has 5 nitrogen and oxygen atoms in total. The van der Waals surface area contributed by atoms with Gasteiger partial charge in [0.05, 0.1) is 12.8 Å². The molecule has 0 aliphatic rings. The Morgan fingerprint density at radius 2 is 1.72 bits per heavy atom. The van der Waals surface area contributed by atoms with Crippen molar-refractivity contribution in [3.63, 3.8) is 0 Å². The zero-order valence-corrected chi connectivity index (χ0v) is 15.9. The topological polar surface area (TPSA) is 66.5 Å². The summed E-state index contributed by atoms with van der Waals surface area (Å²) in [5.41, 5.74) is 4.64. The number of hydrogen-bond acceptors (Lipinski definition) is 3. The van der Waals surface area contributed by atoms with Crippen LogP contribution in [0.3, 0.4) is 0 Å². The van der Waals surface area contributed by atoms with E-state index >= 15 is 0 Å². The Bertz CT molecular complexity index is 876. The fraction of sp³-hybridized carbons (Fsp3) is 0.316. The van der Waals surface area contributed by atoms with Crippen LogP contribution in [0.25, 0.3) is 0 Å². The fourth-order valence-corrected chi connectivity index (χ4v) is 3.34. The summed E-state index contributed by atoms with van der Waals surface area (Å²) in [6, 6.07) is 13.3. The molecule has 0 aliphatic carbocycles. The van der Waals surface area contributed by atoms with E-state index in [-0.39, 0.29) is 19.0 Å². The van der Waals surface area contributed by atoms with Gasteiger partial charge in [-0.1, -0.05) is 47.5 Å². The molecule has 0 spiro atoms. The monoisotopic (exact) mass is 360 g/mol. The Kier molecular flexibility index (Phi) is 5.98. The second-order valence-corrected chi connectivity index (χ2v) is 8.37. The SMILES string of the molecule is Cc1cccc(CN(CC(=O)Nc2ccc(C)cc2C)S(C)(=O)=O)c1. The Balaban J connectivity index is 2.12. The molecule has 0 atom stereocenters. The number of benzene rings is 2. The predicted octanol–water partition coefficient (Wildman–Crippen LogP) is 3.01. The van der Waals surface area contributed by atoms with Gasteiger partial charge in [0.2, 0.25) is 15.9 Å². The Morgan fingerprint density at radius 3 is 2.32 bits per heavy atom. The van der Waals surface area contributed by atoms with Gasteiger partial charge in [0.1, 0.15) is 0 Å². The number of carbonyl (C=O) groups is 1. The molecular formula is C19H24N2O3S. The highest BCUT2D eigenvalue weighted by atomic mass is 32.2. The number of sulfonamides is 1. The van der Waals surface area contributed by atoms with Crippen molar-refractivity contribution in [1.29, 1.82) is 0 Å². The molecule has 0 aliphatic heterocycles. The normalized spacial score (nSPS) is 11.6. The number of hydrogen-bond donors (Lipinski definition) is 1. The zero-order valence-electron chi connectivity index (χ0n) is 15.0. The largest absolute Gasteiger partial charge is 0.325 e. The van der Waals surface area contributed by atoms with Gasteiger partial charge in [0.15, 0.2) is 0 Å². The molecule has 0 aromatic heterocycles. The maximum atomic E-state index is 12.3. The highest BCUT2D eigenvalue weighted by Gasteiger charge is 2.21. The number of aryl methyl sites for hydroxylation is 3. The molecule has 25 heavy (non-hydrogen) atoms. The molecule has 0 heterocycles. The molecule has 2 rings (SSSR count). The van der Waals surface area contributed by atoms with Crippen LogP contribution in [-0.2, 0) is 21.4 Å². The van der Waals surface area contributed by atoms with E-state index in [4.69, 9.17) is 0 Å². The lowest BCUT2D eigenvalue weighted by molar-refractivity contribution is -0.116. The molecule has 0 bridgehead atoms. The summed E-state index contributed by atoms with van der Waals surface area (Å²) in [6.45, 7) is 5.78. The summed E-state index contributed by atoms with van der Waals surface area (Å²) >= 11 is 0. The molecule has 1 N–H and O–H groups in total. The summed E-state index contributed by atoms with van der Waals surface area (Å²) in [4.78, 5) is 12.3. The molecule has 0 saturated carbocycles. The van der Waals surface area contributed by atoms with Crippen molar-refractivity contribution in [2.45, 2.75) is 27.3 Å². The molecule has 6 heteroatoms. The summed E-state index contributed by atoms with van der Waals surface area (Å²) in [7, 11) is -3.51. The van der Waals surface area contributed by atoms with E-state index in [1.54, 1.807) is 0 Å². The van der Waals surface area contributed by atoms with E-state index in [2.05, 4.69) is 5.32 Å². The minimum Gasteiger partial charge on any atom is -0.325 e. The molecule has 2 aromatic rings. The van der Waals surface area contributed by atoms with Crippen molar-refractivity contribution in [2.24, 2.45) is 0 Å².